The monoisotopic (exact) mass is 405 g/mol. The lowest BCUT2D eigenvalue weighted by Gasteiger charge is -2.09. The molecule has 0 spiro atoms. The number of carbonyl (C=O) groups excluding carboxylic acids is 1. The Morgan fingerprint density at radius 3 is 2.63 bits per heavy atom. The van der Waals surface area contributed by atoms with Gasteiger partial charge < -0.3 is 5.32 Å². The molecule has 1 aliphatic rings. The normalized spacial score (nSPS) is 14.0. The van der Waals surface area contributed by atoms with Gasteiger partial charge in [-0.1, -0.05) is 0 Å². The van der Waals surface area contributed by atoms with Gasteiger partial charge in [-0.15, -0.1) is 0 Å². The number of hydrogen-bond donors (Lipinski definition) is 2. The largest absolute Gasteiger partial charge is 0.330 e. The van der Waals surface area contributed by atoms with Crippen molar-refractivity contribution in [2.45, 2.75) is 38.8 Å². The van der Waals surface area contributed by atoms with Gasteiger partial charge in [0, 0.05) is 23.7 Å². The van der Waals surface area contributed by atoms with E-state index in [0.717, 1.165) is 23.9 Å². The molecule has 1 amide bonds. The molecule has 0 atom stereocenters. The van der Waals surface area contributed by atoms with Crippen molar-refractivity contribution in [1.82, 2.24) is 29.3 Å². The minimum atomic E-state index is -0.557. The summed E-state index contributed by atoms with van der Waals surface area (Å²) in [6.07, 6.45) is 6.37. The van der Waals surface area contributed by atoms with E-state index in [0.29, 0.717) is 11.3 Å². The Labute approximate surface area is 169 Å². The molecule has 10 heteroatoms. The van der Waals surface area contributed by atoms with E-state index in [9.17, 15) is 14.4 Å². The Bertz CT molecular complexity index is 1430. The van der Waals surface area contributed by atoms with Crippen molar-refractivity contribution in [3.05, 3.63) is 57.1 Å². The van der Waals surface area contributed by atoms with Crippen molar-refractivity contribution in [1.29, 1.82) is 0 Å². The summed E-state index contributed by atoms with van der Waals surface area (Å²) in [6, 6.07) is 3.47. The number of carbonyl (C=O) groups is 1. The summed E-state index contributed by atoms with van der Waals surface area (Å²) >= 11 is 0. The van der Waals surface area contributed by atoms with E-state index < -0.39 is 17.2 Å². The van der Waals surface area contributed by atoms with E-state index in [2.05, 4.69) is 25.4 Å². The summed E-state index contributed by atoms with van der Waals surface area (Å²) in [5.41, 5.74) is 0.728. The average Bonchev–Trinajstić information content (AvgIpc) is 3.45. The van der Waals surface area contributed by atoms with Crippen LogP contribution in [0.2, 0.25) is 0 Å². The number of amides is 1. The summed E-state index contributed by atoms with van der Waals surface area (Å²) in [4.78, 5) is 48.1. The number of anilines is 1. The molecular formula is C20H19N7O3. The van der Waals surface area contributed by atoms with Crippen LogP contribution in [0, 0.1) is 0 Å². The van der Waals surface area contributed by atoms with Crippen molar-refractivity contribution < 1.29 is 4.79 Å². The highest BCUT2D eigenvalue weighted by Crippen LogP contribution is 2.34. The molecule has 30 heavy (non-hydrogen) atoms. The fourth-order valence-electron chi connectivity index (χ4n) is 3.52. The number of aromatic amines is 1. The van der Waals surface area contributed by atoms with Gasteiger partial charge in [-0.2, -0.15) is 5.10 Å². The average molecular weight is 405 g/mol. The van der Waals surface area contributed by atoms with Crippen LogP contribution in [-0.4, -0.2) is 35.2 Å². The zero-order valence-electron chi connectivity index (χ0n) is 16.4. The molecule has 0 saturated heterocycles. The van der Waals surface area contributed by atoms with E-state index >= 15 is 0 Å². The number of pyridine rings is 2. The van der Waals surface area contributed by atoms with Crippen LogP contribution in [0.1, 0.15) is 49.1 Å². The van der Waals surface area contributed by atoms with Gasteiger partial charge in [0.25, 0.3) is 11.5 Å². The molecule has 0 radical (unpaired) electrons. The number of rotatable bonds is 4. The van der Waals surface area contributed by atoms with Crippen molar-refractivity contribution in [2.75, 3.05) is 5.32 Å². The summed E-state index contributed by atoms with van der Waals surface area (Å²) in [5, 5.41) is 8.11. The van der Waals surface area contributed by atoms with Gasteiger partial charge in [-0.05, 0) is 38.8 Å². The van der Waals surface area contributed by atoms with Gasteiger partial charge in [0.1, 0.15) is 5.65 Å². The lowest BCUT2D eigenvalue weighted by atomic mass is 10.2. The summed E-state index contributed by atoms with van der Waals surface area (Å²) in [6.45, 7) is 4.03. The third kappa shape index (κ3) is 2.97. The molecule has 0 unspecified atom stereocenters. The molecule has 10 nitrogen and oxygen atoms in total. The van der Waals surface area contributed by atoms with E-state index in [1.165, 1.54) is 16.8 Å². The zero-order valence-corrected chi connectivity index (χ0v) is 16.4. The van der Waals surface area contributed by atoms with E-state index in [1.54, 1.807) is 23.1 Å². The van der Waals surface area contributed by atoms with E-state index in [-0.39, 0.29) is 23.0 Å². The minimum absolute atomic E-state index is 0.0496. The second kappa shape index (κ2) is 6.61. The molecule has 0 aliphatic heterocycles. The van der Waals surface area contributed by atoms with Crippen molar-refractivity contribution in [2.24, 2.45) is 0 Å². The van der Waals surface area contributed by atoms with Crippen LogP contribution in [0.15, 0.2) is 40.3 Å². The Morgan fingerprint density at radius 1 is 1.13 bits per heavy atom. The molecule has 0 aromatic carbocycles. The van der Waals surface area contributed by atoms with Gasteiger partial charge in [-0.3, -0.25) is 19.1 Å². The number of H-pyrrole nitrogens is 1. The Balaban J connectivity index is 1.48. The van der Waals surface area contributed by atoms with Crippen LogP contribution >= 0.6 is 0 Å². The third-order valence-corrected chi connectivity index (χ3v) is 5.13. The maximum Gasteiger partial charge on any atom is 0.330 e. The second-order valence-corrected chi connectivity index (χ2v) is 7.73. The van der Waals surface area contributed by atoms with Crippen molar-refractivity contribution >= 4 is 33.7 Å². The first-order chi connectivity index (χ1) is 14.4. The van der Waals surface area contributed by atoms with Crippen LogP contribution in [0.4, 0.5) is 5.69 Å². The van der Waals surface area contributed by atoms with Crippen LogP contribution in [0.3, 0.4) is 0 Å². The van der Waals surface area contributed by atoms with E-state index in [1.807, 2.05) is 13.8 Å². The Morgan fingerprint density at radius 2 is 1.90 bits per heavy atom. The molecule has 1 aliphatic carbocycles. The standard InChI is InChI=1S/C20H19N7O3/c1-10(2)27-16-11(8-23-27)5-13(9-22-16)24-18(28)12-6-15-17(21-7-12)26(14-3-4-14)20(30)25-19(15)29/h5-10,14H,3-4H2,1-2H3,(H,24,28)(H,25,29,30). The van der Waals surface area contributed by atoms with Crippen LogP contribution in [0.5, 0.6) is 0 Å². The van der Waals surface area contributed by atoms with Gasteiger partial charge in [0.05, 0.1) is 29.0 Å². The molecule has 2 N–H and O–H groups in total. The van der Waals surface area contributed by atoms with Crippen molar-refractivity contribution in [3.8, 4) is 0 Å². The number of aromatic nitrogens is 6. The number of hydrogen-bond acceptors (Lipinski definition) is 6. The highest BCUT2D eigenvalue weighted by atomic mass is 16.2. The van der Waals surface area contributed by atoms with Gasteiger partial charge in [0.2, 0.25) is 0 Å². The lowest BCUT2D eigenvalue weighted by molar-refractivity contribution is 0.102. The first-order valence-electron chi connectivity index (χ1n) is 9.71. The maximum atomic E-state index is 12.7. The zero-order chi connectivity index (χ0) is 21.0. The molecule has 152 valence electrons. The maximum absolute atomic E-state index is 12.7. The van der Waals surface area contributed by atoms with Gasteiger partial charge in [-0.25, -0.2) is 19.4 Å². The van der Waals surface area contributed by atoms with Gasteiger partial charge in [0.15, 0.2) is 5.65 Å². The summed E-state index contributed by atoms with van der Waals surface area (Å²) < 4.78 is 3.29. The molecular weight excluding hydrogens is 386 g/mol. The van der Waals surface area contributed by atoms with E-state index in [4.69, 9.17) is 0 Å². The fraction of sp³-hybridized carbons (Fsp3) is 0.300. The summed E-state index contributed by atoms with van der Waals surface area (Å²) in [7, 11) is 0. The molecule has 5 rings (SSSR count). The molecule has 0 bridgehead atoms. The van der Waals surface area contributed by atoms with Crippen LogP contribution in [-0.2, 0) is 0 Å². The number of nitrogens with one attached hydrogen (secondary N) is 2. The summed E-state index contributed by atoms with van der Waals surface area (Å²) in [5.74, 6) is -0.426. The molecule has 4 aromatic heterocycles. The first-order valence-corrected chi connectivity index (χ1v) is 9.71. The lowest BCUT2D eigenvalue weighted by Crippen LogP contribution is -2.30. The fourth-order valence-corrected chi connectivity index (χ4v) is 3.52. The minimum Gasteiger partial charge on any atom is -0.321 e. The second-order valence-electron chi connectivity index (χ2n) is 7.73. The Kier molecular flexibility index (Phi) is 4.02. The Hall–Kier alpha value is -3.82. The quantitative estimate of drug-likeness (QED) is 0.534. The molecule has 1 fully saturated rings. The molecule has 1 saturated carbocycles. The highest BCUT2D eigenvalue weighted by Gasteiger charge is 2.27. The molecule has 4 heterocycles. The van der Waals surface area contributed by atoms with Crippen molar-refractivity contribution in [3.63, 3.8) is 0 Å². The predicted molar refractivity (Wildman–Crippen MR) is 111 cm³/mol. The highest BCUT2D eigenvalue weighted by molar-refractivity contribution is 6.06. The first kappa shape index (κ1) is 18.2. The SMILES string of the molecule is CC(C)n1ncc2cc(NC(=O)c3cnc4c(c3)c(=O)[nH]c(=O)n4C3CC3)cnc21. The number of nitrogens with zero attached hydrogens (tertiary/aromatic N) is 5. The third-order valence-electron chi connectivity index (χ3n) is 5.13. The topological polar surface area (TPSA) is 128 Å². The van der Waals surface area contributed by atoms with Crippen LogP contribution < -0.4 is 16.6 Å². The number of fused-ring (bicyclic) bond motifs is 2. The van der Waals surface area contributed by atoms with Crippen LogP contribution in [0.25, 0.3) is 22.1 Å². The smallest absolute Gasteiger partial charge is 0.321 e. The van der Waals surface area contributed by atoms with Gasteiger partial charge >= 0.3 is 5.69 Å². The predicted octanol–water partition coefficient (Wildman–Crippen LogP) is 2.00. The molecule has 4 aromatic rings.